The predicted octanol–water partition coefficient (Wildman–Crippen LogP) is -1.64. The van der Waals surface area contributed by atoms with Crippen molar-refractivity contribution in [3.63, 3.8) is 0 Å². The molecular weight excluding hydrogens is 422 g/mol. The number of thiazole rings is 1. The zero-order chi connectivity index (χ0) is 21.1. The Balaban J connectivity index is 2.21. The van der Waals surface area contributed by atoms with E-state index in [2.05, 4.69) is 29.8 Å². The van der Waals surface area contributed by atoms with Gasteiger partial charge in [-0.05, 0) is 0 Å². The molecule has 2 heterocycles. The lowest BCUT2D eigenvalue weighted by atomic mass is 9.99. The van der Waals surface area contributed by atoms with Crippen molar-refractivity contribution in [3.8, 4) is 0 Å². The summed E-state index contributed by atoms with van der Waals surface area (Å²) in [5.41, 5.74) is 5.23. The van der Waals surface area contributed by atoms with E-state index >= 15 is 0 Å². The predicted molar refractivity (Wildman–Crippen MR) is 92.5 cm³/mol. The molecule has 2 amide bonds. The van der Waals surface area contributed by atoms with Crippen LogP contribution in [-0.4, -0.2) is 78.9 Å². The average molecular weight is 437 g/mol. The Hall–Kier alpha value is -2.98. The summed E-state index contributed by atoms with van der Waals surface area (Å²) in [6.45, 7) is -0.677. The highest BCUT2D eigenvalue weighted by molar-refractivity contribution is 7.84. The first-order chi connectivity index (χ1) is 13.1. The van der Waals surface area contributed by atoms with Crippen LogP contribution in [-0.2, 0) is 34.2 Å². The van der Waals surface area contributed by atoms with Gasteiger partial charge in [0.1, 0.15) is 31.5 Å². The highest BCUT2D eigenvalue weighted by atomic mass is 32.2. The molecule has 1 aromatic rings. The van der Waals surface area contributed by atoms with Gasteiger partial charge in [0, 0.05) is 5.38 Å². The second-order valence-electron chi connectivity index (χ2n) is 5.09. The number of aromatic nitrogens is 1. The zero-order valence-corrected chi connectivity index (χ0v) is 16.0. The van der Waals surface area contributed by atoms with Crippen molar-refractivity contribution in [2.24, 2.45) is 5.16 Å². The molecule has 0 unspecified atom stereocenters. The second-order valence-corrected chi connectivity index (χ2v) is 7.27. The molecule has 14 nitrogen and oxygen atoms in total. The molecule has 0 aliphatic carbocycles. The Morgan fingerprint density at radius 3 is 2.64 bits per heavy atom. The van der Waals surface area contributed by atoms with Crippen molar-refractivity contribution in [2.45, 2.75) is 12.1 Å². The summed E-state index contributed by atoms with van der Waals surface area (Å²) in [6.07, 6.45) is -1.15. The minimum atomic E-state index is -4.95. The molecule has 154 valence electrons. The first-order valence-electron chi connectivity index (χ1n) is 7.25. The van der Waals surface area contributed by atoms with Crippen LogP contribution in [0.3, 0.4) is 0 Å². The Labute approximate surface area is 162 Å². The minimum Gasteiger partial charge on any atom is -0.438 e. The third kappa shape index (κ3) is 4.46. The molecule has 2 atom stereocenters. The first kappa shape index (κ1) is 21.3. The van der Waals surface area contributed by atoms with Crippen LogP contribution < -0.4 is 11.1 Å². The van der Waals surface area contributed by atoms with Gasteiger partial charge in [0.15, 0.2) is 10.8 Å². The van der Waals surface area contributed by atoms with Gasteiger partial charge in [-0.25, -0.2) is 14.1 Å². The summed E-state index contributed by atoms with van der Waals surface area (Å²) in [4.78, 5) is 44.1. The number of rotatable bonds is 7. The van der Waals surface area contributed by atoms with E-state index in [1.165, 1.54) is 12.5 Å². The van der Waals surface area contributed by atoms with Gasteiger partial charge in [-0.15, -0.1) is 11.3 Å². The van der Waals surface area contributed by atoms with Crippen molar-refractivity contribution < 1.29 is 41.7 Å². The van der Waals surface area contributed by atoms with Crippen molar-refractivity contribution in [1.82, 2.24) is 14.6 Å². The van der Waals surface area contributed by atoms with E-state index in [1.54, 1.807) is 0 Å². The minimum absolute atomic E-state index is 0.0580. The van der Waals surface area contributed by atoms with Crippen LogP contribution in [0.2, 0.25) is 0 Å². The standard InChI is InChI=1S/C12H15N5O9S2/c1-24-12(20)26-3-6-8(10(19)17(6)28(21,22)23)15-9(18)7(16-25-2)5-4-27-11(13)14-5/h4,6,8H,3H2,1-2H3,(H2,13,14)(H,15,18)(H,21,22,23)/b16-7-/t6-,8+/m0/s1. The van der Waals surface area contributed by atoms with Crippen LogP contribution in [0.25, 0.3) is 0 Å². The van der Waals surface area contributed by atoms with Gasteiger partial charge in [-0.1, -0.05) is 5.16 Å². The van der Waals surface area contributed by atoms with Crippen LogP contribution in [0.15, 0.2) is 10.5 Å². The van der Waals surface area contributed by atoms with Crippen molar-refractivity contribution >= 4 is 50.5 Å². The number of nitrogen functional groups attached to an aromatic ring is 1. The van der Waals surface area contributed by atoms with Gasteiger partial charge in [0.2, 0.25) is 0 Å². The molecule has 0 radical (unpaired) electrons. The van der Waals surface area contributed by atoms with Crippen LogP contribution >= 0.6 is 11.3 Å². The number of β-lactam (4-membered cyclic amide) rings is 1. The molecule has 16 heteroatoms. The maximum Gasteiger partial charge on any atom is 0.508 e. The van der Waals surface area contributed by atoms with E-state index in [9.17, 15) is 22.8 Å². The number of carbonyl (C=O) groups excluding carboxylic acids is 3. The number of nitrogens with two attached hydrogens (primary N) is 1. The third-order valence-electron chi connectivity index (χ3n) is 3.41. The average Bonchev–Trinajstić information content (AvgIpc) is 3.04. The summed E-state index contributed by atoms with van der Waals surface area (Å²) >= 11 is 1.02. The van der Waals surface area contributed by atoms with Crippen LogP contribution in [0.1, 0.15) is 5.69 Å². The van der Waals surface area contributed by atoms with Crippen LogP contribution in [0.4, 0.5) is 9.93 Å². The van der Waals surface area contributed by atoms with E-state index in [0.29, 0.717) is 0 Å². The fraction of sp³-hybridized carbons (Fsp3) is 0.417. The van der Waals surface area contributed by atoms with Crippen molar-refractivity contribution in [3.05, 3.63) is 11.1 Å². The lowest BCUT2D eigenvalue weighted by molar-refractivity contribution is -0.147. The molecule has 0 spiro atoms. The maximum absolute atomic E-state index is 12.5. The molecule has 4 N–H and O–H groups in total. The van der Waals surface area contributed by atoms with E-state index in [-0.39, 0.29) is 20.8 Å². The van der Waals surface area contributed by atoms with Crippen LogP contribution in [0, 0.1) is 0 Å². The highest BCUT2D eigenvalue weighted by Gasteiger charge is 2.55. The quantitative estimate of drug-likeness (QED) is 0.145. The smallest absolute Gasteiger partial charge is 0.438 e. The van der Waals surface area contributed by atoms with Crippen molar-refractivity contribution in [2.75, 3.05) is 26.6 Å². The number of nitrogens with one attached hydrogen (secondary N) is 1. The van der Waals surface area contributed by atoms with Gasteiger partial charge in [0.25, 0.3) is 11.8 Å². The molecule has 1 saturated heterocycles. The third-order valence-corrected chi connectivity index (χ3v) is 5.03. The monoisotopic (exact) mass is 437 g/mol. The van der Waals surface area contributed by atoms with E-state index in [0.717, 1.165) is 18.4 Å². The molecule has 28 heavy (non-hydrogen) atoms. The lowest BCUT2D eigenvalue weighted by Gasteiger charge is -2.43. The highest BCUT2D eigenvalue weighted by Crippen LogP contribution is 2.24. The second kappa shape index (κ2) is 8.36. The maximum atomic E-state index is 12.5. The number of hydrogen-bond acceptors (Lipinski definition) is 12. The summed E-state index contributed by atoms with van der Waals surface area (Å²) in [5, 5.41) is 7.31. The Kier molecular flexibility index (Phi) is 6.37. The fourth-order valence-electron chi connectivity index (χ4n) is 2.24. The number of hydrogen-bond donors (Lipinski definition) is 3. The Morgan fingerprint density at radius 1 is 1.46 bits per heavy atom. The van der Waals surface area contributed by atoms with Crippen LogP contribution in [0.5, 0.6) is 0 Å². The van der Waals surface area contributed by atoms with Gasteiger partial charge < -0.3 is 25.4 Å². The number of amides is 2. The molecule has 0 aromatic carbocycles. The number of anilines is 1. The fourth-order valence-corrected chi connectivity index (χ4v) is 3.65. The molecule has 0 bridgehead atoms. The van der Waals surface area contributed by atoms with Gasteiger partial charge >= 0.3 is 16.5 Å². The van der Waals surface area contributed by atoms with E-state index < -0.39 is 47.0 Å². The summed E-state index contributed by atoms with van der Waals surface area (Å²) in [7, 11) is -2.76. The van der Waals surface area contributed by atoms with Gasteiger partial charge in [-0.2, -0.15) is 8.42 Å². The molecule has 0 saturated carbocycles. The van der Waals surface area contributed by atoms with Gasteiger partial charge in [0.05, 0.1) is 7.11 Å². The first-order valence-corrected chi connectivity index (χ1v) is 9.52. The number of nitrogens with zero attached hydrogens (tertiary/aromatic N) is 3. The van der Waals surface area contributed by atoms with E-state index in [4.69, 9.17) is 10.3 Å². The van der Waals surface area contributed by atoms with E-state index in [1.807, 2.05) is 0 Å². The molecular formula is C12H15N5O9S2. The topological polar surface area (TPSA) is 200 Å². The molecule has 1 aliphatic heterocycles. The number of oxime groups is 1. The summed E-state index contributed by atoms with van der Waals surface area (Å²) in [5.74, 6) is -2.09. The Bertz CT molecular complexity index is 912. The number of carbonyl (C=O) groups is 3. The zero-order valence-electron chi connectivity index (χ0n) is 14.4. The SMILES string of the molecule is CO/N=C(\C(=O)N[C@H]1C(=O)N(S(=O)(=O)O)[C@H]1COC(=O)OC)c1csc(N)n1. The molecule has 1 aromatic heterocycles. The largest absolute Gasteiger partial charge is 0.508 e. The van der Waals surface area contributed by atoms with Crippen molar-refractivity contribution in [1.29, 1.82) is 0 Å². The molecule has 1 aliphatic rings. The molecule has 2 rings (SSSR count). The van der Waals surface area contributed by atoms with Gasteiger partial charge in [-0.3, -0.25) is 14.1 Å². The number of ether oxygens (including phenoxy) is 2. The summed E-state index contributed by atoms with van der Waals surface area (Å²) < 4.78 is 40.8. The molecule has 1 fully saturated rings. The number of methoxy groups -OCH3 is 1. The Morgan fingerprint density at radius 2 is 2.14 bits per heavy atom. The lowest BCUT2D eigenvalue weighted by Crippen LogP contribution is -2.73. The normalized spacial score (nSPS) is 19.6. The summed E-state index contributed by atoms with van der Waals surface area (Å²) in [6, 6.07) is -2.85.